The lowest BCUT2D eigenvalue weighted by molar-refractivity contribution is 0.0697. The van der Waals surface area contributed by atoms with Crippen molar-refractivity contribution in [1.82, 2.24) is 0 Å². The minimum absolute atomic E-state index is 0.107. The first kappa shape index (κ1) is 21.1. The van der Waals surface area contributed by atoms with Crippen LogP contribution >= 0.6 is 15.9 Å². The van der Waals surface area contributed by atoms with Crippen LogP contribution in [0.1, 0.15) is 24.2 Å². The van der Waals surface area contributed by atoms with E-state index in [9.17, 15) is 14.7 Å². The Labute approximate surface area is 176 Å². The van der Waals surface area contributed by atoms with Crippen LogP contribution in [0, 0.1) is 0 Å². The van der Waals surface area contributed by atoms with Gasteiger partial charge in [-0.25, -0.2) is 4.79 Å². The van der Waals surface area contributed by atoms with Gasteiger partial charge >= 0.3 is 5.97 Å². The van der Waals surface area contributed by atoms with Crippen LogP contribution in [0.4, 0.5) is 5.88 Å². The van der Waals surface area contributed by atoms with Gasteiger partial charge in [0.15, 0.2) is 11.3 Å². The fourth-order valence-corrected chi connectivity index (χ4v) is 3.63. The fraction of sp³-hybridized carbons (Fsp3) is 0.273. The molecule has 0 amide bonds. The molecule has 1 aliphatic heterocycles. The predicted octanol–water partition coefficient (Wildman–Crippen LogP) is 4.78. The predicted molar refractivity (Wildman–Crippen MR) is 117 cm³/mol. The standard InChI is InChI=1S/C20H16BrNO5.C2H6/c21-15-8-13(7-14(9-15)20(24)25)12-1-2-16-17(23)11-19(27-18(16)10-12)22-3-5-26-6-4-22;1-2/h1-2,7-11H,3-6H2,(H,24,25);1-2H3. The van der Waals surface area contributed by atoms with E-state index in [1.54, 1.807) is 30.3 Å². The van der Waals surface area contributed by atoms with Crippen LogP contribution in [0.3, 0.4) is 0 Å². The van der Waals surface area contributed by atoms with Crippen molar-refractivity contribution in [1.29, 1.82) is 0 Å². The number of ether oxygens (including phenoxy) is 1. The number of aromatic carboxylic acids is 1. The number of fused-ring (bicyclic) bond motifs is 1. The van der Waals surface area contributed by atoms with Gasteiger partial charge in [-0.2, -0.15) is 0 Å². The Morgan fingerprint density at radius 3 is 2.45 bits per heavy atom. The van der Waals surface area contributed by atoms with Gasteiger partial charge in [-0.05, 0) is 41.5 Å². The number of carbonyl (C=O) groups is 1. The number of nitrogens with zero attached hydrogens (tertiary/aromatic N) is 1. The lowest BCUT2D eigenvalue weighted by Crippen LogP contribution is -2.36. The molecule has 6 nitrogen and oxygen atoms in total. The average molecular weight is 460 g/mol. The number of morpholine rings is 1. The summed E-state index contributed by atoms with van der Waals surface area (Å²) in [5, 5.41) is 9.76. The number of rotatable bonds is 3. The van der Waals surface area contributed by atoms with E-state index in [0.717, 1.165) is 11.1 Å². The molecule has 0 aliphatic carbocycles. The van der Waals surface area contributed by atoms with Crippen LogP contribution in [0.25, 0.3) is 22.1 Å². The van der Waals surface area contributed by atoms with E-state index in [1.165, 1.54) is 6.07 Å². The molecule has 4 rings (SSSR count). The maximum atomic E-state index is 12.5. The highest BCUT2D eigenvalue weighted by atomic mass is 79.9. The van der Waals surface area contributed by atoms with E-state index in [-0.39, 0.29) is 11.0 Å². The first-order valence-electron chi connectivity index (χ1n) is 9.46. The molecule has 1 saturated heterocycles. The zero-order chi connectivity index (χ0) is 21.0. The third-order valence-corrected chi connectivity index (χ3v) is 4.97. The summed E-state index contributed by atoms with van der Waals surface area (Å²) in [6, 6.07) is 11.8. The van der Waals surface area contributed by atoms with Gasteiger partial charge in [-0.15, -0.1) is 0 Å². The molecule has 3 aromatic rings. The minimum atomic E-state index is -1.00. The van der Waals surface area contributed by atoms with Gasteiger partial charge < -0.3 is 19.2 Å². The van der Waals surface area contributed by atoms with E-state index >= 15 is 0 Å². The summed E-state index contributed by atoms with van der Waals surface area (Å²) in [5.41, 5.74) is 2.04. The second kappa shape index (κ2) is 9.24. The number of hydrogen-bond acceptors (Lipinski definition) is 5. The van der Waals surface area contributed by atoms with Crippen molar-refractivity contribution in [3.63, 3.8) is 0 Å². The number of halogens is 1. The molecule has 0 bridgehead atoms. The van der Waals surface area contributed by atoms with Crippen molar-refractivity contribution in [3.05, 3.63) is 62.7 Å². The lowest BCUT2D eigenvalue weighted by atomic mass is 10.0. The average Bonchev–Trinajstić information content (AvgIpc) is 2.75. The van der Waals surface area contributed by atoms with E-state index in [1.807, 2.05) is 24.8 Å². The highest BCUT2D eigenvalue weighted by Gasteiger charge is 2.16. The van der Waals surface area contributed by atoms with Crippen LogP contribution in [0.5, 0.6) is 0 Å². The van der Waals surface area contributed by atoms with Gasteiger partial charge in [0.2, 0.25) is 0 Å². The highest BCUT2D eigenvalue weighted by Crippen LogP contribution is 2.29. The topological polar surface area (TPSA) is 80.0 Å². The van der Waals surface area contributed by atoms with Crippen molar-refractivity contribution in [2.24, 2.45) is 0 Å². The highest BCUT2D eigenvalue weighted by molar-refractivity contribution is 9.10. The number of carboxylic acid groups (broad SMARTS) is 1. The summed E-state index contributed by atoms with van der Waals surface area (Å²) in [7, 11) is 0. The van der Waals surface area contributed by atoms with E-state index in [0.29, 0.717) is 47.6 Å². The number of hydrogen-bond donors (Lipinski definition) is 1. The third-order valence-electron chi connectivity index (χ3n) is 4.52. The molecule has 2 aromatic carbocycles. The number of anilines is 1. The second-order valence-electron chi connectivity index (χ2n) is 6.29. The molecule has 29 heavy (non-hydrogen) atoms. The van der Waals surface area contributed by atoms with Crippen molar-refractivity contribution in [2.75, 3.05) is 31.2 Å². The van der Waals surface area contributed by atoms with Gasteiger partial charge in [0.1, 0.15) is 5.58 Å². The number of benzene rings is 2. The Morgan fingerprint density at radius 2 is 1.76 bits per heavy atom. The summed E-state index contributed by atoms with van der Waals surface area (Å²) >= 11 is 3.35. The zero-order valence-electron chi connectivity index (χ0n) is 16.3. The second-order valence-corrected chi connectivity index (χ2v) is 7.21. The molecule has 0 atom stereocenters. The summed E-state index contributed by atoms with van der Waals surface area (Å²) in [4.78, 5) is 25.8. The van der Waals surface area contributed by atoms with Crippen molar-refractivity contribution in [2.45, 2.75) is 13.8 Å². The Hall–Kier alpha value is -2.64. The molecule has 7 heteroatoms. The molecule has 0 spiro atoms. The summed E-state index contributed by atoms with van der Waals surface area (Å²) in [5.74, 6) is -0.479. The molecule has 0 radical (unpaired) electrons. The molecule has 1 aliphatic rings. The molecule has 2 heterocycles. The Bertz CT molecular complexity index is 1090. The SMILES string of the molecule is CC.O=C(O)c1cc(Br)cc(-c2ccc3c(=O)cc(N4CCOCC4)oc3c2)c1. The summed E-state index contributed by atoms with van der Waals surface area (Å²) in [6.45, 7) is 6.53. The van der Waals surface area contributed by atoms with Crippen molar-refractivity contribution in [3.8, 4) is 11.1 Å². The first-order valence-corrected chi connectivity index (χ1v) is 10.3. The fourth-order valence-electron chi connectivity index (χ4n) is 3.14. The molecule has 1 fully saturated rings. The van der Waals surface area contributed by atoms with Crippen LogP contribution in [0.2, 0.25) is 0 Å². The molecule has 0 unspecified atom stereocenters. The van der Waals surface area contributed by atoms with Crippen molar-refractivity contribution >= 4 is 38.8 Å². The third kappa shape index (κ3) is 4.68. The first-order chi connectivity index (χ1) is 14.0. The molecular weight excluding hydrogens is 438 g/mol. The van der Waals surface area contributed by atoms with E-state index in [4.69, 9.17) is 9.15 Å². The zero-order valence-corrected chi connectivity index (χ0v) is 17.9. The maximum absolute atomic E-state index is 12.5. The Morgan fingerprint density at radius 1 is 1.03 bits per heavy atom. The van der Waals surface area contributed by atoms with E-state index in [2.05, 4.69) is 15.9 Å². The monoisotopic (exact) mass is 459 g/mol. The minimum Gasteiger partial charge on any atom is -0.478 e. The molecule has 1 aromatic heterocycles. The maximum Gasteiger partial charge on any atom is 0.335 e. The van der Waals surface area contributed by atoms with Gasteiger partial charge in [0.25, 0.3) is 0 Å². The van der Waals surface area contributed by atoms with E-state index < -0.39 is 5.97 Å². The van der Waals surface area contributed by atoms with Crippen LogP contribution in [-0.4, -0.2) is 37.4 Å². The quantitative estimate of drug-likeness (QED) is 0.606. The van der Waals surface area contributed by atoms with Gasteiger partial charge in [0, 0.05) is 23.6 Å². The Kier molecular flexibility index (Phi) is 6.71. The van der Waals surface area contributed by atoms with Crippen molar-refractivity contribution < 1.29 is 19.1 Å². The molecular formula is C22H22BrNO5. The number of carboxylic acids is 1. The summed E-state index contributed by atoms with van der Waals surface area (Å²) < 4.78 is 12.0. The molecule has 0 saturated carbocycles. The van der Waals surface area contributed by atoms with Gasteiger partial charge in [0.05, 0.1) is 24.2 Å². The Balaban J connectivity index is 0.00000117. The van der Waals surface area contributed by atoms with Gasteiger partial charge in [-0.3, -0.25) is 4.79 Å². The molecule has 152 valence electrons. The van der Waals surface area contributed by atoms with Gasteiger partial charge in [-0.1, -0.05) is 35.8 Å². The normalized spacial score (nSPS) is 13.7. The van der Waals surface area contributed by atoms with Crippen LogP contribution in [-0.2, 0) is 4.74 Å². The smallest absolute Gasteiger partial charge is 0.335 e. The lowest BCUT2D eigenvalue weighted by Gasteiger charge is -2.27. The largest absolute Gasteiger partial charge is 0.478 e. The summed E-state index contributed by atoms with van der Waals surface area (Å²) in [6.07, 6.45) is 0. The van der Waals surface area contributed by atoms with Crippen LogP contribution < -0.4 is 10.3 Å². The molecule has 1 N–H and O–H groups in total. The van der Waals surface area contributed by atoms with Crippen LogP contribution in [0.15, 0.2) is 56.1 Å².